The van der Waals surface area contributed by atoms with Crippen molar-refractivity contribution < 1.29 is 14.3 Å². The van der Waals surface area contributed by atoms with E-state index < -0.39 is 6.09 Å². The molecule has 24 heavy (non-hydrogen) atoms. The lowest BCUT2D eigenvalue weighted by atomic mass is 10.2. The lowest BCUT2D eigenvalue weighted by Gasteiger charge is -2.25. The lowest BCUT2D eigenvalue weighted by molar-refractivity contribution is -0.111. The molecule has 0 aliphatic carbocycles. The zero-order valence-corrected chi connectivity index (χ0v) is 13.7. The molecule has 0 atom stereocenters. The minimum Gasteiger partial charge on any atom is -0.410 e. The monoisotopic (exact) mass is 324 g/mol. The summed E-state index contributed by atoms with van der Waals surface area (Å²) in [6.07, 6.45) is 0.692. The van der Waals surface area contributed by atoms with Gasteiger partial charge in [-0.3, -0.25) is 9.69 Å². The van der Waals surface area contributed by atoms with Crippen LogP contribution in [0.2, 0.25) is 0 Å². The third kappa shape index (κ3) is 4.46. The molecule has 0 saturated carbocycles. The van der Waals surface area contributed by atoms with Gasteiger partial charge in [0.1, 0.15) is 5.75 Å². The van der Waals surface area contributed by atoms with E-state index >= 15 is 0 Å². The van der Waals surface area contributed by atoms with E-state index in [4.69, 9.17) is 4.74 Å². The second kappa shape index (κ2) is 7.97. The summed E-state index contributed by atoms with van der Waals surface area (Å²) in [5, 5.41) is 2.63. The Labute approximate surface area is 141 Å². The lowest BCUT2D eigenvalue weighted by Crippen LogP contribution is -2.39. The van der Waals surface area contributed by atoms with E-state index in [9.17, 15) is 9.59 Å². The molecular weight excluding hydrogens is 304 g/mol. The van der Waals surface area contributed by atoms with Crippen LogP contribution in [0.5, 0.6) is 5.75 Å². The van der Waals surface area contributed by atoms with Crippen molar-refractivity contribution in [3.63, 3.8) is 0 Å². The highest BCUT2D eigenvalue weighted by atomic mass is 16.6. The minimum absolute atomic E-state index is 0.0662. The van der Waals surface area contributed by atoms with Gasteiger partial charge in [-0.1, -0.05) is 30.8 Å². The number of rotatable bonds is 5. The second-order valence-electron chi connectivity index (χ2n) is 5.39. The molecule has 0 bridgehead atoms. The zero-order valence-electron chi connectivity index (χ0n) is 13.7. The van der Waals surface area contributed by atoms with Crippen molar-refractivity contribution in [1.29, 1.82) is 0 Å². The van der Waals surface area contributed by atoms with Gasteiger partial charge in [0.15, 0.2) is 0 Å². The molecule has 124 valence electrons. The van der Waals surface area contributed by atoms with Crippen molar-refractivity contribution >= 4 is 23.4 Å². The average Bonchev–Trinajstić information content (AvgIpc) is 2.55. The SMILES string of the molecule is C=CC(=O)Nc1cccc(OC(=O)N(c2ccccc2)C(C)C)c1. The van der Waals surface area contributed by atoms with Crippen LogP contribution in [0.3, 0.4) is 0 Å². The van der Waals surface area contributed by atoms with Crippen LogP contribution < -0.4 is 15.0 Å². The standard InChI is InChI=1S/C19H20N2O3/c1-4-18(22)20-15-9-8-12-17(13-15)24-19(23)21(14(2)3)16-10-6-5-7-11-16/h4-14H,1H2,2-3H3,(H,20,22). The first-order chi connectivity index (χ1) is 11.5. The number of benzene rings is 2. The Morgan fingerprint density at radius 3 is 2.46 bits per heavy atom. The van der Waals surface area contributed by atoms with E-state index in [0.29, 0.717) is 11.4 Å². The number of carbonyl (C=O) groups is 2. The van der Waals surface area contributed by atoms with Crippen molar-refractivity contribution in [3.8, 4) is 5.75 Å². The maximum atomic E-state index is 12.5. The van der Waals surface area contributed by atoms with Crippen LogP contribution in [0.1, 0.15) is 13.8 Å². The molecule has 1 N–H and O–H groups in total. The molecule has 0 saturated heterocycles. The Morgan fingerprint density at radius 1 is 1.12 bits per heavy atom. The normalized spacial score (nSPS) is 10.1. The van der Waals surface area contributed by atoms with Gasteiger partial charge in [-0.05, 0) is 44.2 Å². The van der Waals surface area contributed by atoms with Crippen LogP contribution in [0.4, 0.5) is 16.2 Å². The molecule has 5 heteroatoms. The van der Waals surface area contributed by atoms with Gasteiger partial charge in [-0.15, -0.1) is 0 Å². The first kappa shape index (κ1) is 17.3. The Kier molecular flexibility index (Phi) is 5.73. The number of carbonyl (C=O) groups excluding carboxylic acids is 2. The number of hydrogen-bond acceptors (Lipinski definition) is 3. The molecule has 2 aromatic rings. The Morgan fingerprint density at radius 2 is 1.83 bits per heavy atom. The van der Waals surface area contributed by atoms with Crippen LogP contribution >= 0.6 is 0 Å². The Bertz CT molecular complexity index is 726. The topological polar surface area (TPSA) is 58.6 Å². The number of nitrogens with zero attached hydrogens (tertiary/aromatic N) is 1. The average molecular weight is 324 g/mol. The summed E-state index contributed by atoms with van der Waals surface area (Å²) in [5.41, 5.74) is 1.29. The number of hydrogen-bond donors (Lipinski definition) is 1. The van der Waals surface area contributed by atoms with Crippen LogP contribution in [0.25, 0.3) is 0 Å². The van der Waals surface area contributed by atoms with Crippen LogP contribution in [-0.4, -0.2) is 18.0 Å². The molecule has 2 rings (SSSR count). The predicted molar refractivity (Wildman–Crippen MR) is 95.3 cm³/mol. The second-order valence-corrected chi connectivity index (χ2v) is 5.39. The fourth-order valence-corrected chi connectivity index (χ4v) is 2.18. The van der Waals surface area contributed by atoms with E-state index in [1.54, 1.807) is 29.2 Å². The molecule has 2 aromatic carbocycles. The highest BCUT2D eigenvalue weighted by molar-refractivity contribution is 5.99. The van der Waals surface area contributed by atoms with Gasteiger partial charge < -0.3 is 10.1 Å². The van der Waals surface area contributed by atoms with Crippen molar-refractivity contribution in [2.75, 3.05) is 10.2 Å². The van der Waals surface area contributed by atoms with Crippen LogP contribution in [-0.2, 0) is 4.79 Å². The maximum Gasteiger partial charge on any atom is 0.419 e. The molecule has 0 spiro atoms. The summed E-state index contributed by atoms with van der Waals surface area (Å²) in [5.74, 6) is 0.0232. The van der Waals surface area contributed by atoms with E-state index in [0.717, 1.165) is 5.69 Å². The fourth-order valence-electron chi connectivity index (χ4n) is 2.18. The third-order valence-corrected chi connectivity index (χ3v) is 3.24. The summed E-state index contributed by atoms with van der Waals surface area (Å²) >= 11 is 0. The molecular formula is C19H20N2O3. The quantitative estimate of drug-likeness (QED) is 0.838. The van der Waals surface area contributed by atoms with Crippen molar-refractivity contribution in [2.24, 2.45) is 0 Å². The van der Waals surface area contributed by atoms with Crippen molar-refractivity contribution in [3.05, 3.63) is 67.3 Å². The third-order valence-electron chi connectivity index (χ3n) is 3.24. The molecule has 0 unspecified atom stereocenters. The van der Waals surface area contributed by atoms with Gasteiger partial charge in [0.2, 0.25) is 5.91 Å². The first-order valence-electron chi connectivity index (χ1n) is 7.61. The smallest absolute Gasteiger partial charge is 0.410 e. The summed E-state index contributed by atoms with van der Waals surface area (Å²) in [4.78, 5) is 25.5. The first-order valence-corrected chi connectivity index (χ1v) is 7.61. The molecule has 0 radical (unpaired) electrons. The van der Waals surface area contributed by atoms with Gasteiger partial charge in [0.25, 0.3) is 0 Å². The van der Waals surface area contributed by atoms with Crippen molar-refractivity contribution in [1.82, 2.24) is 0 Å². The molecule has 2 amide bonds. The van der Waals surface area contributed by atoms with Gasteiger partial charge in [0.05, 0.1) is 0 Å². The molecule has 5 nitrogen and oxygen atoms in total. The Hall–Kier alpha value is -3.08. The van der Waals surface area contributed by atoms with E-state index in [-0.39, 0.29) is 11.9 Å². The molecule has 0 fully saturated rings. The summed E-state index contributed by atoms with van der Waals surface area (Å²) < 4.78 is 5.46. The van der Waals surface area contributed by atoms with Crippen LogP contribution in [0, 0.1) is 0 Å². The molecule has 0 aliphatic heterocycles. The number of ether oxygens (including phenoxy) is 1. The zero-order chi connectivity index (χ0) is 17.5. The largest absolute Gasteiger partial charge is 0.419 e. The highest BCUT2D eigenvalue weighted by Crippen LogP contribution is 2.22. The number of nitrogens with one attached hydrogen (secondary N) is 1. The van der Waals surface area contributed by atoms with E-state index in [1.165, 1.54) is 6.08 Å². The van der Waals surface area contributed by atoms with Crippen molar-refractivity contribution in [2.45, 2.75) is 19.9 Å². The molecule has 0 aliphatic rings. The maximum absolute atomic E-state index is 12.5. The summed E-state index contributed by atoms with van der Waals surface area (Å²) in [7, 11) is 0. The Balaban J connectivity index is 2.17. The number of anilines is 2. The highest BCUT2D eigenvalue weighted by Gasteiger charge is 2.21. The number of amides is 2. The van der Waals surface area contributed by atoms with Gasteiger partial charge in [-0.2, -0.15) is 0 Å². The molecule has 0 aromatic heterocycles. The van der Waals surface area contributed by atoms with Gasteiger partial charge >= 0.3 is 6.09 Å². The van der Waals surface area contributed by atoms with Gasteiger partial charge in [0, 0.05) is 23.5 Å². The summed E-state index contributed by atoms with van der Waals surface area (Å²) in [6.45, 7) is 7.22. The molecule has 0 heterocycles. The van der Waals surface area contributed by atoms with E-state index in [1.807, 2.05) is 44.2 Å². The summed E-state index contributed by atoms with van der Waals surface area (Å²) in [6, 6.07) is 15.9. The number of para-hydroxylation sites is 1. The fraction of sp³-hybridized carbons (Fsp3) is 0.158. The van der Waals surface area contributed by atoms with E-state index in [2.05, 4.69) is 11.9 Å². The van der Waals surface area contributed by atoms with Gasteiger partial charge in [-0.25, -0.2) is 4.79 Å². The van der Waals surface area contributed by atoms with Crippen LogP contribution in [0.15, 0.2) is 67.3 Å². The minimum atomic E-state index is -0.483. The predicted octanol–water partition coefficient (Wildman–Crippen LogP) is 4.22.